The molecule has 0 spiro atoms. The fourth-order valence-corrected chi connectivity index (χ4v) is 1.36. The Morgan fingerprint density at radius 3 is 2.73 bits per heavy atom. The van der Waals surface area contributed by atoms with Crippen LogP contribution in [0, 0.1) is 5.92 Å². The quantitative estimate of drug-likeness (QED) is 0.473. The molecule has 0 aromatic heterocycles. The van der Waals surface area contributed by atoms with E-state index in [9.17, 15) is 13.6 Å². The second kappa shape index (κ2) is 8.85. The van der Waals surface area contributed by atoms with Crippen LogP contribution in [0.3, 0.4) is 0 Å². The summed E-state index contributed by atoms with van der Waals surface area (Å²) in [6.45, 7) is 4.64. The van der Waals surface area contributed by atoms with E-state index < -0.39 is 11.1 Å². The molecule has 2 atom stereocenters. The van der Waals surface area contributed by atoms with Crippen LogP contribution in [-0.2, 0) is 20.6 Å². The third-order valence-corrected chi connectivity index (χ3v) is 2.88. The third kappa shape index (κ3) is 9.87. The predicted octanol–water partition coefficient (Wildman–Crippen LogP) is 1.63. The van der Waals surface area contributed by atoms with E-state index in [4.69, 9.17) is 4.74 Å². The molecule has 5 heteroatoms. The molecule has 4 nitrogen and oxygen atoms in total. The molecule has 2 unspecified atom stereocenters. The van der Waals surface area contributed by atoms with E-state index in [1.54, 1.807) is 0 Å². The molecule has 0 bridgehead atoms. The highest BCUT2D eigenvalue weighted by molar-refractivity contribution is 7.79. The second-order valence-corrected chi connectivity index (χ2v) is 4.65. The summed E-state index contributed by atoms with van der Waals surface area (Å²) in [5.41, 5.74) is 0. The Bertz CT molecular complexity index is 206. The molecule has 0 N–H and O–H groups in total. The Balaban J connectivity index is 3.37. The van der Waals surface area contributed by atoms with Crippen LogP contribution >= 0.6 is 0 Å². The van der Waals surface area contributed by atoms with Gasteiger partial charge in [-0.25, -0.2) is 0 Å². The van der Waals surface area contributed by atoms with Gasteiger partial charge in [-0.15, -0.1) is 0 Å². The van der Waals surface area contributed by atoms with E-state index in [1.165, 1.54) is 0 Å². The van der Waals surface area contributed by atoms with Gasteiger partial charge in [0.2, 0.25) is 0 Å². The minimum atomic E-state index is -2.05. The van der Waals surface area contributed by atoms with Gasteiger partial charge in [-0.2, -0.15) is 0 Å². The lowest BCUT2D eigenvalue weighted by molar-refractivity contribution is -0.144. The largest absolute Gasteiger partial charge is 0.772 e. The average Bonchev–Trinajstić information content (AvgIpc) is 2.17. The molecule has 90 valence electrons. The van der Waals surface area contributed by atoms with Gasteiger partial charge in [0, 0.05) is 12.2 Å². The van der Waals surface area contributed by atoms with Gasteiger partial charge in [-0.05, 0) is 18.8 Å². The first-order valence-corrected chi connectivity index (χ1v) is 6.52. The lowest BCUT2D eigenvalue weighted by Crippen LogP contribution is -2.09. The van der Waals surface area contributed by atoms with Crippen LogP contribution in [-0.4, -0.2) is 27.1 Å². The lowest BCUT2D eigenvalue weighted by Gasteiger charge is -2.09. The molecule has 0 heterocycles. The fraction of sp³-hybridized carbons (Fsp3) is 0.900. The summed E-state index contributed by atoms with van der Waals surface area (Å²) in [5.74, 6) is 0.288. The maximum atomic E-state index is 11.1. The number of rotatable bonds is 8. The molecular formula is C10H19O4S-. The molecule has 0 aliphatic rings. The van der Waals surface area contributed by atoms with E-state index in [1.807, 2.05) is 0 Å². The molecule has 0 aromatic rings. The van der Waals surface area contributed by atoms with Crippen molar-refractivity contribution >= 4 is 17.0 Å². The molecule has 0 fully saturated rings. The zero-order chi connectivity index (χ0) is 11.7. The molecule has 0 aromatic carbocycles. The summed E-state index contributed by atoms with van der Waals surface area (Å²) in [7, 11) is 0. The summed E-state index contributed by atoms with van der Waals surface area (Å²) in [4.78, 5) is 11.1. The van der Waals surface area contributed by atoms with Crippen molar-refractivity contribution in [2.75, 3.05) is 12.4 Å². The van der Waals surface area contributed by atoms with Crippen LogP contribution in [0.15, 0.2) is 0 Å². The third-order valence-electron chi connectivity index (χ3n) is 2.26. The SMILES string of the molecule is CCC(C)CCOC(=O)CCCS(=O)[O-]. The van der Waals surface area contributed by atoms with Crippen LogP contribution in [0.2, 0.25) is 0 Å². The molecule has 0 aliphatic heterocycles. The van der Waals surface area contributed by atoms with Gasteiger partial charge in [0.05, 0.1) is 6.61 Å². The highest BCUT2D eigenvalue weighted by Crippen LogP contribution is 2.06. The van der Waals surface area contributed by atoms with E-state index in [2.05, 4.69) is 13.8 Å². The van der Waals surface area contributed by atoms with Gasteiger partial charge in [-0.1, -0.05) is 31.3 Å². The smallest absolute Gasteiger partial charge is 0.305 e. The summed E-state index contributed by atoms with van der Waals surface area (Å²) in [5, 5.41) is 0. The zero-order valence-corrected chi connectivity index (χ0v) is 10.2. The lowest BCUT2D eigenvalue weighted by atomic mass is 10.1. The van der Waals surface area contributed by atoms with Gasteiger partial charge in [0.25, 0.3) is 0 Å². The highest BCUT2D eigenvalue weighted by atomic mass is 32.2. The Kier molecular flexibility index (Phi) is 8.61. The van der Waals surface area contributed by atoms with Crippen molar-refractivity contribution in [2.45, 2.75) is 39.5 Å². The Morgan fingerprint density at radius 1 is 1.53 bits per heavy atom. The number of carbonyl (C=O) groups is 1. The van der Waals surface area contributed by atoms with E-state index in [-0.39, 0.29) is 18.1 Å². The van der Waals surface area contributed by atoms with Crippen LogP contribution in [0.25, 0.3) is 0 Å². The van der Waals surface area contributed by atoms with E-state index in [0.717, 1.165) is 12.8 Å². The van der Waals surface area contributed by atoms with Crippen molar-refractivity contribution in [3.05, 3.63) is 0 Å². The minimum absolute atomic E-state index is 0.0282. The molecule has 0 saturated heterocycles. The first kappa shape index (κ1) is 14.6. The van der Waals surface area contributed by atoms with Crippen molar-refractivity contribution in [1.29, 1.82) is 0 Å². The summed E-state index contributed by atoms with van der Waals surface area (Å²) in [6, 6.07) is 0. The second-order valence-electron chi connectivity index (χ2n) is 3.63. The molecule has 0 saturated carbocycles. The molecule has 0 rings (SSSR count). The zero-order valence-electron chi connectivity index (χ0n) is 9.36. The fourth-order valence-electron chi connectivity index (χ4n) is 0.985. The summed E-state index contributed by atoms with van der Waals surface area (Å²) < 4.78 is 25.3. The molecule has 15 heavy (non-hydrogen) atoms. The topological polar surface area (TPSA) is 66.4 Å². The van der Waals surface area contributed by atoms with Crippen molar-refractivity contribution < 1.29 is 18.3 Å². The van der Waals surface area contributed by atoms with E-state index in [0.29, 0.717) is 18.9 Å². The maximum Gasteiger partial charge on any atom is 0.305 e. The van der Waals surface area contributed by atoms with E-state index >= 15 is 0 Å². The van der Waals surface area contributed by atoms with Crippen molar-refractivity contribution in [3.63, 3.8) is 0 Å². The van der Waals surface area contributed by atoms with Gasteiger partial charge >= 0.3 is 5.97 Å². The first-order valence-electron chi connectivity index (χ1n) is 5.27. The van der Waals surface area contributed by atoms with Gasteiger partial charge in [0.15, 0.2) is 0 Å². The molecule has 0 amide bonds. The maximum absolute atomic E-state index is 11.1. The first-order chi connectivity index (χ1) is 7.06. The van der Waals surface area contributed by atoms with Crippen LogP contribution in [0.4, 0.5) is 0 Å². The Hall–Kier alpha value is -0.420. The standard InChI is InChI=1S/C10H20O4S/c1-3-9(2)6-7-14-10(11)5-4-8-15(12)13/h9H,3-8H2,1-2H3,(H,12,13)/p-1. The van der Waals surface area contributed by atoms with Crippen LogP contribution in [0.1, 0.15) is 39.5 Å². The number of hydrogen-bond acceptors (Lipinski definition) is 4. The van der Waals surface area contributed by atoms with Crippen LogP contribution in [0.5, 0.6) is 0 Å². The minimum Gasteiger partial charge on any atom is -0.772 e. The number of ether oxygens (including phenoxy) is 1. The van der Waals surface area contributed by atoms with Crippen LogP contribution < -0.4 is 0 Å². The summed E-state index contributed by atoms with van der Waals surface area (Å²) in [6.07, 6.45) is 2.48. The highest BCUT2D eigenvalue weighted by Gasteiger charge is 2.04. The molecule has 0 aliphatic carbocycles. The average molecular weight is 235 g/mol. The summed E-state index contributed by atoms with van der Waals surface area (Å²) >= 11 is -2.05. The van der Waals surface area contributed by atoms with Crippen molar-refractivity contribution in [2.24, 2.45) is 5.92 Å². The predicted molar refractivity (Wildman–Crippen MR) is 58.1 cm³/mol. The van der Waals surface area contributed by atoms with Gasteiger partial charge in [-0.3, -0.25) is 9.00 Å². The molecular weight excluding hydrogens is 216 g/mol. The van der Waals surface area contributed by atoms with Crippen molar-refractivity contribution in [3.8, 4) is 0 Å². The number of esters is 1. The molecule has 0 radical (unpaired) electrons. The number of hydrogen-bond donors (Lipinski definition) is 0. The van der Waals surface area contributed by atoms with Crippen molar-refractivity contribution in [1.82, 2.24) is 0 Å². The normalized spacial score (nSPS) is 14.6. The monoisotopic (exact) mass is 235 g/mol. The Labute approximate surface area is 93.7 Å². The number of carbonyl (C=O) groups excluding carboxylic acids is 1. The van der Waals surface area contributed by atoms with Gasteiger partial charge < -0.3 is 9.29 Å². The van der Waals surface area contributed by atoms with Gasteiger partial charge in [0.1, 0.15) is 0 Å². The Morgan fingerprint density at radius 2 is 2.20 bits per heavy atom.